The molecule has 0 amide bonds. The first-order chi connectivity index (χ1) is 6.85. The van der Waals surface area contributed by atoms with Gasteiger partial charge in [0.2, 0.25) is 0 Å². The normalized spacial score (nSPS) is 10.7. The molecule has 0 radical (unpaired) electrons. The third kappa shape index (κ3) is 1.48. The molecule has 14 heavy (non-hydrogen) atoms. The lowest BCUT2D eigenvalue weighted by Crippen LogP contribution is -1.96. The Balaban J connectivity index is 2.69. The van der Waals surface area contributed by atoms with Crippen LogP contribution in [0.3, 0.4) is 0 Å². The van der Waals surface area contributed by atoms with Crippen molar-refractivity contribution >= 4 is 10.9 Å². The van der Waals surface area contributed by atoms with Gasteiger partial charge in [0, 0.05) is 17.3 Å². The molecule has 0 spiro atoms. The van der Waals surface area contributed by atoms with Crippen LogP contribution in [0.2, 0.25) is 0 Å². The Labute approximate surface area is 84.0 Å². The number of aromatic nitrogens is 2. The van der Waals surface area contributed by atoms with Crippen LogP contribution in [0.15, 0.2) is 24.5 Å². The summed E-state index contributed by atoms with van der Waals surface area (Å²) in [5.74, 6) is 0. The van der Waals surface area contributed by atoms with Crippen LogP contribution in [-0.2, 0) is 12.8 Å². The van der Waals surface area contributed by atoms with Crippen molar-refractivity contribution in [1.29, 1.82) is 0 Å². The second kappa shape index (κ2) is 3.74. The van der Waals surface area contributed by atoms with Crippen molar-refractivity contribution in [2.24, 2.45) is 0 Å². The zero-order chi connectivity index (χ0) is 9.97. The van der Waals surface area contributed by atoms with Crippen molar-refractivity contribution in [3.63, 3.8) is 0 Å². The van der Waals surface area contributed by atoms with E-state index in [4.69, 9.17) is 0 Å². The zero-order valence-corrected chi connectivity index (χ0v) is 8.62. The molecule has 0 fully saturated rings. The fraction of sp³-hybridized carbons (Fsp3) is 0.333. The molecule has 0 aliphatic carbocycles. The first-order valence-electron chi connectivity index (χ1n) is 5.07. The van der Waals surface area contributed by atoms with E-state index in [1.165, 1.54) is 16.6 Å². The van der Waals surface area contributed by atoms with Crippen LogP contribution < -0.4 is 0 Å². The van der Waals surface area contributed by atoms with Gasteiger partial charge < -0.3 is 0 Å². The monoisotopic (exact) mass is 186 g/mol. The van der Waals surface area contributed by atoms with Crippen LogP contribution in [0.25, 0.3) is 10.9 Å². The molecule has 2 heterocycles. The van der Waals surface area contributed by atoms with Crippen LogP contribution >= 0.6 is 0 Å². The van der Waals surface area contributed by atoms with E-state index in [1.54, 1.807) is 0 Å². The minimum Gasteiger partial charge on any atom is -0.262 e. The van der Waals surface area contributed by atoms with Gasteiger partial charge in [0.15, 0.2) is 0 Å². The predicted octanol–water partition coefficient (Wildman–Crippen LogP) is 2.75. The van der Waals surface area contributed by atoms with Crippen LogP contribution in [-0.4, -0.2) is 9.97 Å². The van der Waals surface area contributed by atoms with Crippen LogP contribution in [0, 0.1) is 0 Å². The van der Waals surface area contributed by atoms with E-state index in [1.807, 2.05) is 18.5 Å². The van der Waals surface area contributed by atoms with Gasteiger partial charge in [-0.1, -0.05) is 13.8 Å². The average molecular weight is 186 g/mol. The molecule has 0 aliphatic rings. The second-order valence-corrected chi connectivity index (χ2v) is 3.37. The smallest absolute Gasteiger partial charge is 0.0888 e. The van der Waals surface area contributed by atoms with Crippen molar-refractivity contribution in [3.05, 3.63) is 35.8 Å². The van der Waals surface area contributed by atoms with E-state index in [0.717, 1.165) is 18.4 Å². The quantitative estimate of drug-likeness (QED) is 0.720. The average Bonchev–Trinajstić information content (AvgIpc) is 2.27. The highest BCUT2D eigenvalue weighted by atomic mass is 14.7. The van der Waals surface area contributed by atoms with Gasteiger partial charge in [-0.15, -0.1) is 0 Å². The summed E-state index contributed by atoms with van der Waals surface area (Å²) < 4.78 is 0. The highest BCUT2D eigenvalue weighted by molar-refractivity contribution is 5.78. The summed E-state index contributed by atoms with van der Waals surface area (Å²) >= 11 is 0. The largest absolute Gasteiger partial charge is 0.262 e. The maximum atomic E-state index is 4.60. The number of rotatable bonds is 2. The Morgan fingerprint density at radius 2 is 2.07 bits per heavy atom. The van der Waals surface area contributed by atoms with Gasteiger partial charge in [0.25, 0.3) is 0 Å². The van der Waals surface area contributed by atoms with Crippen LogP contribution in [0.1, 0.15) is 25.1 Å². The lowest BCUT2D eigenvalue weighted by molar-refractivity contribution is 0.980. The standard InChI is InChI=1S/C12H14N2/c1-3-9-7-10-5-6-13-8-12(10)14-11(9)4-2/h5-8H,3-4H2,1-2H3. The molecule has 2 aromatic heterocycles. The van der Waals surface area contributed by atoms with E-state index >= 15 is 0 Å². The molecule has 2 rings (SSSR count). The van der Waals surface area contributed by atoms with Crippen molar-refractivity contribution in [2.75, 3.05) is 0 Å². The number of fused-ring (bicyclic) bond motifs is 1. The molecule has 0 unspecified atom stereocenters. The molecule has 0 saturated carbocycles. The van der Waals surface area contributed by atoms with Crippen molar-refractivity contribution in [1.82, 2.24) is 9.97 Å². The van der Waals surface area contributed by atoms with Gasteiger partial charge in [-0.3, -0.25) is 9.97 Å². The molecule has 0 bridgehead atoms. The van der Waals surface area contributed by atoms with E-state index in [2.05, 4.69) is 29.9 Å². The second-order valence-electron chi connectivity index (χ2n) is 3.37. The van der Waals surface area contributed by atoms with Gasteiger partial charge in [0.1, 0.15) is 0 Å². The lowest BCUT2D eigenvalue weighted by atomic mass is 10.1. The Hall–Kier alpha value is -1.44. The number of nitrogens with zero attached hydrogens (tertiary/aromatic N) is 2. The minimum absolute atomic E-state index is 0.994. The lowest BCUT2D eigenvalue weighted by Gasteiger charge is -2.06. The van der Waals surface area contributed by atoms with E-state index in [9.17, 15) is 0 Å². The van der Waals surface area contributed by atoms with Crippen molar-refractivity contribution < 1.29 is 0 Å². The molecule has 2 heteroatoms. The molecule has 0 N–H and O–H groups in total. The van der Waals surface area contributed by atoms with E-state index < -0.39 is 0 Å². The maximum Gasteiger partial charge on any atom is 0.0888 e. The summed E-state index contributed by atoms with van der Waals surface area (Å²) in [5, 5.41) is 1.19. The summed E-state index contributed by atoms with van der Waals surface area (Å²) in [7, 11) is 0. The molecule has 0 saturated heterocycles. The fourth-order valence-corrected chi connectivity index (χ4v) is 1.71. The van der Waals surface area contributed by atoms with Crippen molar-refractivity contribution in [2.45, 2.75) is 26.7 Å². The van der Waals surface area contributed by atoms with E-state index in [-0.39, 0.29) is 0 Å². The molecule has 0 atom stereocenters. The Morgan fingerprint density at radius 1 is 1.21 bits per heavy atom. The van der Waals surface area contributed by atoms with Gasteiger partial charge in [-0.05, 0) is 30.5 Å². The van der Waals surface area contributed by atoms with Gasteiger partial charge in [-0.25, -0.2) is 0 Å². The first kappa shape index (κ1) is 9.13. The number of hydrogen-bond acceptors (Lipinski definition) is 2. The third-order valence-corrected chi connectivity index (χ3v) is 2.50. The summed E-state index contributed by atoms with van der Waals surface area (Å²) in [6.07, 6.45) is 5.69. The predicted molar refractivity (Wildman–Crippen MR) is 58.3 cm³/mol. The topological polar surface area (TPSA) is 25.8 Å². The van der Waals surface area contributed by atoms with Gasteiger partial charge in [-0.2, -0.15) is 0 Å². The summed E-state index contributed by atoms with van der Waals surface area (Å²) in [6, 6.07) is 4.24. The van der Waals surface area contributed by atoms with Gasteiger partial charge >= 0.3 is 0 Å². The molecule has 0 aliphatic heterocycles. The number of pyridine rings is 2. The molecule has 0 aromatic carbocycles. The minimum atomic E-state index is 0.994. The van der Waals surface area contributed by atoms with Crippen LogP contribution in [0.5, 0.6) is 0 Å². The maximum absolute atomic E-state index is 4.60. The first-order valence-corrected chi connectivity index (χ1v) is 5.07. The van der Waals surface area contributed by atoms with Crippen molar-refractivity contribution in [3.8, 4) is 0 Å². The van der Waals surface area contributed by atoms with E-state index in [0.29, 0.717) is 0 Å². The molecular formula is C12H14N2. The summed E-state index contributed by atoms with van der Waals surface area (Å²) in [6.45, 7) is 4.31. The summed E-state index contributed by atoms with van der Waals surface area (Å²) in [4.78, 5) is 8.68. The SMILES string of the molecule is CCc1cc2ccncc2nc1CC. The number of hydrogen-bond donors (Lipinski definition) is 0. The highest BCUT2D eigenvalue weighted by Gasteiger charge is 2.02. The fourth-order valence-electron chi connectivity index (χ4n) is 1.71. The zero-order valence-electron chi connectivity index (χ0n) is 8.62. The molecule has 2 nitrogen and oxygen atoms in total. The van der Waals surface area contributed by atoms with Crippen LogP contribution in [0.4, 0.5) is 0 Å². The van der Waals surface area contributed by atoms with Gasteiger partial charge in [0.05, 0.1) is 11.7 Å². The Kier molecular flexibility index (Phi) is 2.44. The molecular weight excluding hydrogens is 172 g/mol. The summed E-state index contributed by atoms with van der Waals surface area (Å²) in [5.41, 5.74) is 3.56. The Bertz CT molecular complexity index is 407. The third-order valence-electron chi connectivity index (χ3n) is 2.50. The Morgan fingerprint density at radius 3 is 2.79 bits per heavy atom. The molecule has 72 valence electrons. The molecule has 2 aromatic rings. The highest BCUT2D eigenvalue weighted by Crippen LogP contribution is 2.16. The number of aryl methyl sites for hydroxylation is 2.